The molecule has 3 amide bonds. The van der Waals surface area contributed by atoms with Crippen LogP contribution >= 0.6 is 0 Å². The van der Waals surface area contributed by atoms with Crippen molar-refractivity contribution in [3.8, 4) is 17.0 Å². The number of carbonyl (C=O) groups is 3. The molecule has 0 saturated carbocycles. The Bertz CT molecular complexity index is 1440. The Balaban J connectivity index is 1.38. The smallest absolute Gasteiger partial charge is 0.328 e. The summed E-state index contributed by atoms with van der Waals surface area (Å²) >= 11 is 0. The molecule has 1 atom stereocenters. The number of carbonyl (C=O) groups excluding carboxylic acids is 3. The minimum absolute atomic E-state index is 0.0486. The van der Waals surface area contributed by atoms with Crippen LogP contribution in [0, 0.1) is 5.82 Å². The number of phenols is 1. The van der Waals surface area contributed by atoms with E-state index in [1.807, 2.05) is 0 Å². The van der Waals surface area contributed by atoms with E-state index >= 15 is 0 Å². The third kappa shape index (κ3) is 6.52. The van der Waals surface area contributed by atoms with Gasteiger partial charge in [-0.25, -0.2) is 14.0 Å². The van der Waals surface area contributed by atoms with Gasteiger partial charge in [0.05, 0.1) is 12.8 Å². The number of methoxy groups -OCH3 is 1. The third-order valence-corrected chi connectivity index (χ3v) is 5.46. The van der Waals surface area contributed by atoms with Crippen molar-refractivity contribution in [3.05, 3.63) is 96.0 Å². The lowest BCUT2D eigenvalue weighted by Gasteiger charge is -2.15. The molecule has 0 radical (unpaired) electrons. The molecule has 1 aromatic heterocycles. The highest BCUT2D eigenvalue weighted by Gasteiger charge is 2.25. The summed E-state index contributed by atoms with van der Waals surface area (Å²) in [5.74, 6) is -1.90. The SMILES string of the molecule is COC(=O)C(Cc1ccc(O)cc1)NC(=O)c1cc(-c2ccc(NC(=O)Nc3ccccc3F)cc2)no1. The molecule has 38 heavy (non-hydrogen) atoms. The van der Waals surface area contributed by atoms with Crippen LogP contribution in [0.15, 0.2) is 83.4 Å². The Morgan fingerprint density at radius 1 is 1.00 bits per heavy atom. The van der Waals surface area contributed by atoms with Crippen LogP contribution in [0.5, 0.6) is 5.75 Å². The first kappa shape index (κ1) is 25.9. The third-order valence-electron chi connectivity index (χ3n) is 5.46. The maximum atomic E-state index is 13.7. The van der Waals surface area contributed by atoms with Gasteiger partial charge in [-0.05, 0) is 42.0 Å². The van der Waals surface area contributed by atoms with Crippen molar-refractivity contribution in [1.29, 1.82) is 0 Å². The van der Waals surface area contributed by atoms with Gasteiger partial charge in [0.25, 0.3) is 5.91 Å². The first-order valence-electron chi connectivity index (χ1n) is 11.4. The number of hydrogen-bond donors (Lipinski definition) is 4. The number of benzene rings is 3. The standard InChI is InChI=1S/C27H23FN4O6/c1-37-26(35)23(14-16-6-12-19(33)13-7-16)30-25(34)24-15-22(32-38-24)17-8-10-18(11-9-17)29-27(36)31-21-5-3-2-4-20(21)28/h2-13,15,23,33H,14H2,1H3,(H,30,34)(H2,29,31,36). The van der Waals surface area contributed by atoms with Crippen molar-refractivity contribution in [1.82, 2.24) is 10.5 Å². The summed E-state index contributed by atoms with van der Waals surface area (Å²) in [6, 6.07) is 18.3. The Labute approximate surface area is 216 Å². The maximum absolute atomic E-state index is 13.7. The molecule has 4 N–H and O–H groups in total. The van der Waals surface area contributed by atoms with Crippen molar-refractivity contribution in [2.75, 3.05) is 17.7 Å². The normalized spacial score (nSPS) is 11.3. The summed E-state index contributed by atoms with van der Waals surface area (Å²) in [5, 5.41) is 20.9. The van der Waals surface area contributed by atoms with Gasteiger partial charge in [-0.1, -0.05) is 41.6 Å². The summed E-state index contributed by atoms with van der Waals surface area (Å²) < 4.78 is 23.7. The number of phenolic OH excluding ortho intramolecular Hbond substituents is 1. The van der Waals surface area contributed by atoms with Crippen molar-refractivity contribution in [2.24, 2.45) is 0 Å². The quantitative estimate of drug-likeness (QED) is 0.254. The molecule has 0 aliphatic heterocycles. The minimum atomic E-state index is -0.994. The van der Waals surface area contributed by atoms with E-state index < -0.39 is 29.8 Å². The number of amides is 3. The van der Waals surface area contributed by atoms with E-state index in [4.69, 9.17) is 9.26 Å². The highest BCUT2D eigenvalue weighted by Crippen LogP contribution is 2.22. The first-order valence-corrected chi connectivity index (χ1v) is 11.4. The lowest BCUT2D eigenvalue weighted by Crippen LogP contribution is -2.43. The van der Waals surface area contributed by atoms with Gasteiger partial charge in [-0.15, -0.1) is 0 Å². The number of rotatable bonds is 8. The number of para-hydroxylation sites is 1. The van der Waals surface area contributed by atoms with Crippen molar-refractivity contribution < 1.29 is 33.1 Å². The van der Waals surface area contributed by atoms with E-state index in [0.29, 0.717) is 22.5 Å². The predicted molar refractivity (Wildman–Crippen MR) is 136 cm³/mol. The predicted octanol–water partition coefficient (Wildman–Crippen LogP) is 4.34. The molecule has 0 saturated heterocycles. The Morgan fingerprint density at radius 2 is 1.71 bits per heavy atom. The van der Waals surface area contributed by atoms with Gasteiger partial charge < -0.3 is 30.3 Å². The summed E-state index contributed by atoms with van der Waals surface area (Å²) in [7, 11) is 1.22. The van der Waals surface area contributed by atoms with Gasteiger partial charge in [0.1, 0.15) is 23.3 Å². The second-order valence-corrected chi connectivity index (χ2v) is 8.13. The molecule has 10 nitrogen and oxygen atoms in total. The number of halogens is 1. The minimum Gasteiger partial charge on any atom is -0.508 e. The average molecular weight is 519 g/mol. The monoisotopic (exact) mass is 518 g/mol. The Kier molecular flexibility index (Phi) is 7.97. The van der Waals surface area contributed by atoms with E-state index in [-0.39, 0.29) is 23.6 Å². The molecule has 0 aliphatic rings. The second-order valence-electron chi connectivity index (χ2n) is 8.13. The van der Waals surface area contributed by atoms with Gasteiger partial charge in [0.2, 0.25) is 5.76 Å². The number of urea groups is 1. The molecule has 0 bridgehead atoms. The van der Waals surface area contributed by atoms with Gasteiger partial charge in [0, 0.05) is 23.7 Å². The van der Waals surface area contributed by atoms with Gasteiger partial charge in [-0.3, -0.25) is 4.79 Å². The number of ether oxygens (including phenoxy) is 1. The van der Waals surface area contributed by atoms with Crippen LogP contribution in [0.2, 0.25) is 0 Å². The van der Waals surface area contributed by atoms with E-state index in [1.165, 1.54) is 43.5 Å². The van der Waals surface area contributed by atoms with Crippen LogP contribution < -0.4 is 16.0 Å². The van der Waals surface area contributed by atoms with E-state index in [1.54, 1.807) is 42.5 Å². The zero-order valence-corrected chi connectivity index (χ0v) is 20.1. The fourth-order valence-corrected chi connectivity index (χ4v) is 3.52. The Morgan fingerprint density at radius 3 is 2.39 bits per heavy atom. The zero-order valence-electron chi connectivity index (χ0n) is 20.1. The fraction of sp³-hybridized carbons (Fsp3) is 0.111. The summed E-state index contributed by atoms with van der Waals surface area (Å²) in [6.07, 6.45) is 0.138. The number of nitrogens with one attached hydrogen (secondary N) is 3. The zero-order chi connectivity index (χ0) is 27.1. The molecule has 4 aromatic rings. The van der Waals surface area contributed by atoms with Gasteiger partial charge >= 0.3 is 12.0 Å². The highest BCUT2D eigenvalue weighted by atomic mass is 19.1. The number of aromatic hydroxyl groups is 1. The van der Waals surface area contributed by atoms with Crippen LogP contribution in [0.3, 0.4) is 0 Å². The average Bonchev–Trinajstić information content (AvgIpc) is 3.41. The molecule has 0 aliphatic carbocycles. The summed E-state index contributed by atoms with van der Waals surface area (Å²) in [6.45, 7) is 0. The van der Waals surface area contributed by atoms with Crippen LogP contribution in [0.1, 0.15) is 16.1 Å². The van der Waals surface area contributed by atoms with E-state index in [2.05, 4.69) is 21.1 Å². The number of esters is 1. The van der Waals surface area contributed by atoms with Crippen LogP contribution in [-0.4, -0.2) is 41.3 Å². The number of anilines is 2. The molecule has 4 rings (SSSR count). The van der Waals surface area contributed by atoms with E-state index in [9.17, 15) is 23.9 Å². The molecule has 1 heterocycles. The molecular weight excluding hydrogens is 495 g/mol. The molecule has 3 aromatic carbocycles. The van der Waals surface area contributed by atoms with Crippen molar-refractivity contribution >= 4 is 29.3 Å². The highest BCUT2D eigenvalue weighted by molar-refractivity contribution is 6.00. The van der Waals surface area contributed by atoms with E-state index in [0.717, 1.165) is 0 Å². The Hall–Kier alpha value is -5.19. The van der Waals surface area contributed by atoms with Crippen LogP contribution in [0.25, 0.3) is 11.3 Å². The second kappa shape index (κ2) is 11.7. The molecule has 1 unspecified atom stereocenters. The molecule has 194 valence electrons. The molecule has 0 spiro atoms. The fourth-order valence-electron chi connectivity index (χ4n) is 3.52. The number of aromatic nitrogens is 1. The van der Waals surface area contributed by atoms with Crippen LogP contribution in [0.4, 0.5) is 20.6 Å². The topological polar surface area (TPSA) is 143 Å². The maximum Gasteiger partial charge on any atom is 0.328 e. The molecule has 0 fully saturated rings. The van der Waals surface area contributed by atoms with Crippen molar-refractivity contribution in [3.63, 3.8) is 0 Å². The van der Waals surface area contributed by atoms with Crippen molar-refractivity contribution in [2.45, 2.75) is 12.5 Å². The summed E-state index contributed by atoms with van der Waals surface area (Å²) in [5.41, 5.74) is 2.15. The lowest BCUT2D eigenvalue weighted by molar-refractivity contribution is -0.142. The lowest BCUT2D eigenvalue weighted by atomic mass is 10.1. The number of hydrogen-bond acceptors (Lipinski definition) is 7. The van der Waals surface area contributed by atoms with Gasteiger partial charge in [0.15, 0.2) is 0 Å². The van der Waals surface area contributed by atoms with Gasteiger partial charge in [-0.2, -0.15) is 0 Å². The van der Waals surface area contributed by atoms with Crippen LogP contribution in [-0.2, 0) is 16.0 Å². The summed E-state index contributed by atoms with van der Waals surface area (Å²) in [4.78, 5) is 37.1. The number of nitrogens with zero attached hydrogens (tertiary/aromatic N) is 1. The first-order chi connectivity index (χ1) is 18.3. The molecular formula is C27H23FN4O6. The molecule has 11 heteroatoms. The largest absolute Gasteiger partial charge is 0.508 e.